The first-order valence-corrected chi connectivity index (χ1v) is 9.60. The number of halogens is 2. The van der Waals surface area contributed by atoms with Gasteiger partial charge < -0.3 is 15.4 Å². The van der Waals surface area contributed by atoms with Crippen molar-refractivity contribution >= 4 is 33.4 Å². The number of rotatable bonds is 7. The van der Waals surface area contributed by atoms with Crippen molar-refractivity contribution in [2.24, 2.45) is 0 Å². The fraction of sp³-hybridized carbons (Fsp3) is 0.0909. The summed E-state index contributed by atoms with van der Waals surface area (Å²) in [5.74, 6) is -0.945. The topological polar surface area (TPSA) is 67.4 Å². The van der Waals surface area contributed by atoms with Gasteiger partial charge in [-0.2, -0.15) is 0 Å². The second kappa shape index (κ2) is 9.84. The zero-order valence-corrected chi connectivity index (χ0v) is 16.9. The molecule has 0 saturated carbocycles. The van der Waals surface area contributed by atoms with Gasteiger partial charge >= 0.3 is 0 Å². The largest absolute Gasteiger partial charge is 0.484 e. The zero-order chi connectivity index (χ0) is 20.6. The van der Waals surface area contributed by atoms with Crippen LogP contribution in [0.15, 0.2) is 77.3 Å². The average Bonchev–Trinajstić information content (AvgIpc) is 2.73. The van der Waals surface area contributed by atoms with E-state index >= 15 is 0 Å². The molecular formula is C22H18BrFN2O3. The van der Waals surface area contributed by atoms with E-state index in [0.717, 1.165) is 5.56 Å². The molecule has 0 aromatic heterocycles. The Morgan fingerprint density at radius 3 is 2.52 bits per heavy atom. The molecular weight excluding hydrogens is 439 g/mol. The normalized spacial score (nSPS) is 10.3. The molecule has 3 aromatic rings. The predicted molar refractivity (Wildman–Crippen MR) is 112 cm³/mol. The van der Waals surface area contributed by atoms with Crippen LogP contribution < -0.4 is 15.4 Å². The quantitative estimate of drug-likeness (QED) is 0.548. The summed E-state index contributed by atoms with van der Waals surface area (Å²) in [7, 11) is 0. The number of carbonyl (C=O) groups excluding carboxylic acids is 2. The zero-order valence-electron chi connectivity index (χ0n) is 15.3. The number of benzene rings is 3. The van der Waals surface area contributed by atoms with Crippen molar-refractivity contribution in [1.82, 2.24) is 5.32 Å². The molecule has 0 aliphatic heterocycles. The third-order valence-corrected chi connectivity index (χ3v) is 4.46. The second-order valence-corrected chi connectivity index (χ2v) is 7.07. The molecule has 0 heterocycles. The lowest BCUT2D eigenvalue weighted by Gasteiger charge is -2.10. The SMILES string of the molecule is O=C(COc1cccc(C(=O)NCc2ccccc2)c1)Nc1ccc(Br)cc1F. The highest BCUT2D eigenvalue weighted by molar-refractivity contribution is 9.10. The molecule has 0 radical (unpaired) electrons. The van der Waals surface area contributed by atoms with Crippen molar-refractivity contribution in [1.29, 1.82) is 0 Å². The Labute approximate surface area is 176 Å². The third kappa shape index (κ3) is 6.15. The summed E-state index contributed by atoms with van der Waals surface area (Å²) < 4.78 is 19.8. The highest BCUT2D eigenvalue weighted by Gasteiger charge is 2.10. The van der Waals surface area contributed by atoms with Crippen molar-refractivity contribution in [3.63, 3.8) is 0 Å². The lowest BCUT2D eigenvalue weighted by atomic mass is 10.2. The number of hydrogen-bond acceptors (Lipinski definition) is 3. The molecule has 0 saturated heterocycles. The van der Waals surface area contributed by atoms with E-state index in [2.05, 4.69) is 26.6 Å². The Morgan fingerprint density at radius 1 is 0.966 bits per heavy atom. The van der Waals surface area contributed by atoms with Crippen molar-refractivity contribution in [2.75, 3.05) is 11.9 Å². The van der Waals surface area contributed by atoms with Gasteiger partial charge in [-0.15, -0.1) is 0 Å². The van der Waals surface area contributed by atoms with Crippen LogP contribution in [0.3, 0.4) is 0 Å². The maximum Gasteiger partial charge on any atom is 0.262 e. The molecule has 5 nitrogen and oxygen atoms in total. The molecule has 0 unspecified atom stereocenters. The highest BCUT2D eigenvalue weighted by Crippen LogP contribution is 2.19. The number of amides is 2. The van der Waals surface area contributed by atoms with E-state index in [-0.39, 0.29) is 18.2 Å². The monoisotopic (exact) mass is 456 g/mol. The van der Waals surface area contributed by atoms with Crippen LogP contribution in [0.2, 0.25) is 0 Å². The van der Waals surface area contributed by atoms with Crippen LogP contribution in [0.4, 0.5) is 10.1 Å². The lowest BCUT2D eigenvalue weighted by Crippen LogP contribution is -2.23. The van der Waals surface area contributed by atoms with Crippen LogP contribution in [-0.4, -0.2) is 18.4 Å². The smallest absolute Gasteiger partial charge is 0.262 e. The van der Waals surface area contributed by atoms with Gasteiger partial charge in [0.1, 0.15) is 11.6 Å². The molecule has 0 aliphatic rings. The minimum atomic E-state index is -0.551. The minimum absolute atomic E-state index is 0.0656. The van der Waals surface area contributed by atoms with E-state index in [4.69, 9.17) is 4.74 Å². The summed E-state index contributed by atoms with van der Waals surface area (Å²) in [4.78, 5) is 24.3. The Bertz CT molecular complexity index is 1010. The third-order valence-electron chi connectivity index (χ3n) is 3.97. The van der Waals surface area contributed by atoms with E-state index in [1.807, 2.05) is 30.3 Å². The molecule has 3 aromatic carbocycles. The van der Waals surface area contributed by atoms with Crippen LogP contribution in [-0.2, 0) is 11.3 Å². The molecule has 0 fully saturated rings. The van der Waals surface area contributed by atoms with Crippen LogP contribution in [0.1, 0.15) is 15.9 Å². The Hall–Kier alpha value is -3.19. The molecule has 29 heavy (non-hydrogen) atoms. The fourth-order valence-electron chi connectivity index (χ4n) is 2.53. The number of nitrogens with one attached hydrogen (secondary N) is 2. The molecule has 148 valence electrons. The molecule has 0 atom stereocenters. The van der Waals surface area contributed by atoms with Crippen LogP contribution in [0.5, 0.6) is 5.75 Å². The van der Waals surface area contributed by atoms with E-state index < -0.39 is 11.7 Å². The second-order valence-electron chi connectivity index (χ2n) is 6.16. The molecule has 0 aliphatic carbocycles. The maximum atomic E-state index is 13.8. The molecule has 0 bridgehead atoms. The van der Waals surface area contributed by atoms with Gasteiger partial charge in [0.15, 0.2) is 6.61 Å². The van der Waals surface area contributed by atoms with Gasteiger partial charge in [-0.25, -0.2) is 4.39 Å². The van der Waals surface area contributed by atoms with E-state index in [1.165, 1.54) is 12.1 Å². The Balaban J connectivity index is 1.53. The van der Waals surface area contributed by atoms with Gasteiger partial charge in [0.05, 0.1) is 5.69 Å². The number of anilines is 1. The summed E-state index contributed by atoms with van der Waals surface area (Å²) >= 11 is 3.16. The molecule has 0 spiro atoms. The molecule has 3 rings (SSSR count). The van der Waals surface area contributed by atoms with E-state index in [0.29, 0.717) is 22.3 Å². The highest BCUT2D eigenvalue weighted by atomic mass is 79.9. The van der Waals surface area contributed by atoms with Gasteiger partial charge in [0.2, 0.25) is 0 Å². The minimum Gasteiger partial charge on any atom is -0.484 e. The molecule has 2 amide bonds. The standard InChI is InChI=1S/C22H18BrFN2O3/c23-17-9-10-20(19(24)12-17)26-21(27)14-29-18-8-4-7-16(11-18)22(28)25-13-15-5-2-1-3-6-15/h1-12H,13-14H2,(H,25,28)(H,26,27). The van der Waals surface area contributed by atoms with Gasteiger partial charge in [-0.1, -0.05) is 52.3 Å². The summed E-state index contributed by atoms with van der Waals surface area (Å²) in [6, 6.07) is 20.4. The van der Waals surface area contributed by atoms with Crippen LogP contribution in [0.25, 0.3) is 0 Å². The Morgan fingerprint density at radius 2 is 1.76 bits per heavy atom. The summed E-state index contributed by atoms with van der Waals surface area (Å²) in [5.41, 5.74) is 1.47. The summed E-state index contributed by atoms with van der Waals surface area (Å²) in [5, 5.41) is 5.28. The number of carbonyl (C=O) groups is 2. The van der Waals surface area contributed by atoms with Crippen LogP contribution >= 0.6 is 15.9 Å². The van der Waals surface area contributed by atoms with Crippen molar-refractivity contribution in [3.05, 3.63) is 94.2 Å². The first kappa shape index (κ1) is 20.5. The predicted octanol–water partition coefficient (Wildman–Crippen LogP) is 4.54. The first-order valence-electron chi connectivity index (χ1n) is 8.81. The average molecular weight is 457 g/mol. The van der Waals surface area contributed by atoms with Crippen molar-refractivity contribution in [3.8, 4) is 5.75 Å². The van der Waals surface area contributed by atoms with E-state index in [1.54, 1.807) is 30.3 Å². The summed E-state index contributed by atoms with van der Waals surface area (Å²) in [6.45, 7) is 0.0938. The molecule has 7 heteroatoms. The number of ether oxygens (including phenoxy) is 1. The van der Waals surface area contributed by atoms with Gasteiger partial charge in [0.25, 0.3) is 11.8 Å². The van der Waals surface area contributed by atoms with Gasteiger partial charge in [-0.3, -0.25) is 9.59 Å². The van der Waals surface area contributed by atoms with Crippen molar-refractivity contribution < 1.29 is 18.7 Å². The van der Waals surface area contributed by atoms with Gasteiger partial charge in [-0.05, 0) is 42.0 Å². The van der Waals surface area contributed by atoms with E-state index in [9.17, 15) is 14.0 Å². The molecule has 2 N–H and O–H groups in total. The number of hydrogen-bond donors (Lipinski definition) is 2. The first-order chi connectivity index (χ1) is 14.0. The fourth-order valence-corrected chi connectivity index (χ4v) is 2.87. The Kier molecular flexibility index (Phi) is 6.97. The maximum absolute atomic E-state index is 13.8. The van der Waals surface area contributed by atoms with Gasteiger partial charge in [0, 0.05) is 16.6 Å². The van der Waals surface area contributed by atoms with Crippen LogP contribution in [0, 0.1) is 5.82 Å². The summed E-state index contributed by atoms with van der Waals surface area (Å²) in [6.07, 6.45) is 0. The lowest BCUT2D eigenvalue weighted by molar-refractivity contribution is -0.118. The van der Waals surface area contributed by atoms with Crippen molar-refractivity contribution in [2.45, 2.75) is 6.54 Å².